The van der Waals surface area contributed by atoms with Crippen molar-refractivity contribution < 1.29 is 12.6 Å². The molecule has 0 spiro atoms. The molecular weight excluding hydrogens is 418 g/mol. The summed E-state index contributed by atoms with van der Waals surface area (Å²) in [7, 11) is -3.88. The van der Waals surface area contributed by atoms with Crippen LogP contribution in [-0.4, -0.2) is 39.3 Å². The number of nitrogens with one attached hydrogen (secondary N) is 1. The molecule has 0 amide bonds. The zero-order chi connectivity index (χ0) is 20.7. The van der Waals surface area contributed by atoms with E-state index in [1.165, 1.54) is 0 Å². The van der Waals surface area contributed by atoms with E-state index >= 15 is 0 Å². The molecule has 0 aliphatic carbocycles. The molecule has 3 atom stereocenters. The van der Waals surface area contributed by atoms with Crippen LogP contribution >= 0.6 is 11.3 Å². The predicted molar refractivity (Wildman–Crippen MR) is 118 cm³/mol. The van der Waals surface area contributed by atoms with Crippen LogP contribution in [0.1, 0.15) is 5.56 Å². The number of benzene rings is 2. The van der Waals surface area contributed by atoms with Gasteiger partial charge in [-0.25, -0.2) is 9.17 Å². The van der Waals surface area contributed by atoms with Gasteiger partial charge in [-0.15, -0.1) is 0 Å². The number of fused-ring (bicyclic) bond motifs is 1. The van der Waals surface area contributed by atoms with Crippen LogP contribution in [0.15, 0.2) is 65.7 Å². The van der Waals surface area contributed by atoms with Gasteiger partial charge in [-0.2, -0.15) is 8.42 Å². The van der Waals surface area contributed by atoms with E-state index in [0.29, 0.717) is 5.92 Å². The monoisotopic (exact) mass is 441 g/mol. The Labute approximate surface area is 180 Å². The maximum atomic E-state index is 13.0. The molecule has 1 N–H and O–H groups in total. The lowest BCUT2D eigenvalue weighted by atomic mass is 10.00. The zero-order valence-electron chi connectivity index (χ0n) is 16.6. The number of nitrogens with zero attached hydrogens (tertiary/aromatic N) is 2. The number of hydrogen-bond donors (Lipinski definition) is 1. The first-order chi connectivity index (χ1) is 14.5. The van der Waals surface area contributed by atoms with E-state index in [4.69, 9.17) is 4.18 Å². The summed E-state index contributed by atoms with van der Waals surface area (Å²) in [5.74, 6) is 0.446. The fourth-order valence-corrected chi connectivity index (χ4v) is 6.25. The van der Waals surface area contributed by atoms with Crippen LogP contribution in [0.5, 0.6) is 0 Å². The van der Waals surface area contributed by atoms with Crippen molar-refractivity contribution in [3.05, 3.63) is 66.4 Å². The summed E-state index contributed by atoms with van der Waals surface area (Å²) in [6.07, 6.45) is 1.29. The molecule has 30 heavy (non-hydrogen) atoms. The van der Waals surface area contributed by atoms with Gasteiger partial charge in [0.1, 0.15) is 0 Å². The topological polar surface area (TPSA) is 71.5 Å². The normalized spacial score (nSPS) is 23.6. The van der Waals surface area contributed by atoms with Gasteiger partial charge >= 0.3 is 0 Å². The minimum Gasteiger partial charge on any atom is -0.320 e. The number of aryl methyl sites for hydroxylation is 1. The van der Waals surface area contributed by atoms with Gasteiger partial charge in [-0.1, -0.05) is 59.4 Å². The summed E-state index contributed by atoms with van der Waals surface area (Å²) in [6, 6.07) is 16.9. The molecule has 2 aliphatic rings. The Morgan fingerprint density at radius 3 is 2.63 bits per heavy atom. The van der Waals surface area contributed by atoms with Crippen molar-refractivity contribution in [2.75, 3.05) is 24.5 Å². The Morgan fingerprint density at radius 2 is 1.87 bits per heavy atom. The highest BCUT2D eigenvalue weighted by Gasteiger charge is 2.48. The molecule has 6 nitrogen and oxygen atoms in total. The van der Waals surface area contributed by atoms with Crippen LogP contribution < -0.4 is 10.2 Å². The summed E-state index contributed by atoms with van der Waals surface area (Å²) >= 11 is 1.57. The lowest BCUT2D eigenvalue weighted by Gasteiger charge is -2.26. The number of rotatable bonds is 5. The van der Waals surface area contributed by atoms with Gasteiger partial charge in [0.25, 0.3) is 10.1 Å². The first-order valence-corrected chi connectivity index (χ1v) is 12.2. The van der Waals surface area contributed by atoms with E-state index in [0.717, 1.165) is 40.8 Å². The van der Waals surface area contributed by atoms with E-state index in [1.807, 2.05) is 36.2 Å². The van der Waals surface area contributed by atoms with Crippen molar-refractivity contribution in [1.82, 2.24) is 10.3 Å². The summed E-state index contributed by atoms with van der Waals surface area (Å²) < 4.78 is 31.9. The fraction of sp³-hybridized carbons (Fsp3) is 0.318. The van der Waals surface area contributed by atoms with Crippen LogP contribution in [0, 0.1) is 18.8 Å². The average molecular weight is 442 g/mol. The van der Waals surface area contributed by atoms with Crippen molar-refractivity contribution in [3.8, 4) is 10.4 Å². The van der Waals surface area contributed by atoms with Gasteiger partial charge in [0.05, 0.1) is 9.77 Å². The highest BCUT2D eigenvalue weighted by atomic mass is 32.2. The van der Waals surface area contributed by atoms with Crippen molar-refractivity contribution in [2.45, 2.75) is 18.0 Å². The largest absolute Gasteiger partial charge is 0.320 e. The SMILES string of the molecule is Cc1ccc(S(=O)(=O)OC2C3CNCC3CN2c2ncc(-c3ccccc3)s2)cc1. The number of anilines is 1. The summed E-state index contributed by atoms with van der Waals surface area (Å²) in [5.41, 5.74) is 2.11. The second-order valence-corrected chi connectivity index (χ2v) is 10.4. The molecule has 3 unspecified atom stereocenters. The zero-order valence-corrected chi connectivity index (χ0v) is 18.2. The lowest BCUT2D eigenvalue weighted by molar-refractivity contribution is 0.167. The molecule has 0 bridgehead atoms. The molecule has 2 aromatic carbocycles. The summed E-state index contributed by atoms with van der Waals surface area (Å²) in [5, 5.41) is 4.17. The van der Waals surface area contributed by atoms with Gasteiger partial charge in [-0.05, 0) is 30.5 Å². The predicted octanol–water partition coefficient (Wildman–Crippen LogP) is 3.51. The molecule has 2 saturated heterocycles. The first-order valence-electron chi connectivity index (χ1n) is 10.00. The number of thiazole rings is 1. The molecule has 2 fully saturated rings. The van der Waals surface area contributed by atoms with Gasteiger partial charge in [0, 0.05) is 31.7 Å². The van der Waals surface area contributed by atoms with Crippen molar-refractivity contribution in [1.29, 1.82) is 0 Å². The third kappa shape index (κ3) is 3.65. The molecule has 0 radical (unpaired) electrons. The molecule has 0 saturated carbocycles. The van der Waals surface area contributed by atoms with E-state index in [1.54, 1.807) is 35.6 Å². The van der Waals surface area contributed by atoms with Crippen molar-refractivity contribution in [3.63, 3.8) is 0 Å². The van der Waals surface area contributed by atoms with Gasteiger partial charge in [-0.3, -0.25) is 0 Å². The molecule has 2 aliphatic heterocycles. The lowest BCUT2D eigenvalue weighted by Crippen LogP contribution is -2.39. The standard InChI is InChI=1S/C22H23N3O3S2/c1-15-7-9-18(10-8-15)30(26,27)28-21-19-12-23-11-17(19)14-25(21)22-24-13-20(29-22)16-5-3-2-4-6-16/h2-10,13,17,19,21,23H,11-12,14H2,1H3. The van der Waals surface area contributed by atoms with Gasteiger partial charge < -0.3 is 10.2 Å². The third-order valence-electron chi connectivity index (χ3n) is 5.83. The molecule has 156 valence electrons. The Kier molecular flexibility index (Phi) is 5.10. The fourth-order valence-electron chi connectivity index (χ4n) is 4.21. The first kappa shape index (κ1) is 19.7. The van der Waals surface area contributed by atoms with E-state index < -0.39 is 16.3 Å². The van der Waals surface area contributed by atoms with E-state index in [9.17, 15) is 8.42 Å². The third-order valence-corrected chi connectivity index (χ3v) is 8.21. The second kappa shape index (κ2) is 7.77. The molecule has 5 rings (SSSR count). The Balaban J connectivity index is 1.45. The number of aromatic nitrogens is 1. The van der Waals surface area contributed by atoms with Crippen LogP contribution in [0.2, 0.25) is 0 Å². The van der Waals surface area contributed by atoms with Crippen LogP contribution in [0.3, 0.4) is 0 Å². The van der Waals surface area contributed by atoms with Crippen molar-refractivity contribution >= 4 is 26.6 Å². The minimum absolute atomic E-state index is 0.106. The summed E-state index contributed by atoms with van der Waals surface area (Å²) in [4.78, 5) is 7.89. The maximum Gasteiger partial charge on any atom is 0.298 e. The number of hydrogen-bond acceptors (Lipinski definition) is 7. The minimum atomic E-state index is -3.88. The van der Waals surface area contributed by atoms with Crippen LogP contribution in [0.4, 0.5) is 5.13 Å². The van der Waals surface area contributed by atoms with Gasteiger partial charge in [0.2, 0.25) is 0 Å². The van der Waals surface area contributed by atoms with E-state index in [-0.39, 0.29) is 10.8 Å². The highest BCUT2D eigenvalue weighted by Crippen LogP contribution is 2.41. The van der Waals surface area contributed by atoms with E-state index in [2.05, 4.69) is 22.4 Å². The Hall–Kier alpha value is -2.26. The second-order valence-electron chi connectivity index (χ2n) is 7.86. The average Bonchev–Trinajstić information content (AvgIpc) is 3.46. The quantitative estimate of drug-likeness (QED) is 0.611. The molecule has 8 heteroatoms. The molecule has 3 aromatic rings. The smallest absolute Gasteiger partial charge is 0.298 e. The Bertz CT molecular complexity index is 1130. The molecular formula is C22H23N3O3S2. The van der Waals surface area contributed by atoms with Gasteiger partial charge in [0.15, 0.2) is 11.4 Å². The summed E-state index contributed by atoms with van der Waals surface area (Å²) in [6.45, 7) is 4.26. The van der Waals surface area contributed by atoms with Crippen LogP contribution in [0.25, 0.3) is 10.4 Å². The Morgan fingerprint density at radius 1 is 1.10 bits per heavy atom. The molecule has 3 heterocycles. The van der Waals surface area contributed by atoms with Crippen molar-refractivity contribution in [2.24, 2.45) is 11.8 Å². The highest BCUT2D eigenvalue weighted by molar-refractivity contribution is 7.86. The molecule has 1 aromatic heterocycles. The van der Waals surface area contributed by atoms with Crippen LogP contribution in [-0.2, 0) is 14.3 Å². The maximum absolute atomic E-state index is 13.0.